The lowest BCUT2D eigenvalue weighted by atomic mass is 9.94. The van der Waals surface area contributed by atoms with Crippen molar-refractivity contribution in [3.05, 3.63) is 224 Å². The Kier molecular flexibility index (Phi) is 8.66. The van der Waals surface area contributed by atoms with Gasteiger partial charge in [0.2, 0.25) is 0 Å². The minimum Gasteiger partial charge on any atom is -0.311 e. The van der Waals surface area contributed by atoms with Crippen LogP contribution in [0.3, 0.4) is 0 Å². The van der Waals surface area contributed by atoms with E-state index >= 15 is 0 Å². The number of benzene rings is 9. The van der Waals surface area contributed by atoms with Gasteiger partial charge < -0.3 is 4.90 Å². The summed E-state index contributed by atoms with van der Waals surface area (Å²) in [6.07, 6.45) is 0. The van der Waals surface area contributed by atoms with E-state index in [9.17, 15) is 0 Å². The van der Waals surface area contributed by atoms with Crippen molar-refractivity contribution < 1.29 is 0 Å². The van der Waals surface area contributed by atoms with Crippen LogP contribution in [0, 0.1) is 0 Å². The van der Waals surface area contributed by atoms with Gasteiger partial charge in [0, 0.05) is 17.1 Å². The minimum atomic E-state index is 1.11. The first kappa shape index (κ1) is 32.0. The second-order valence-corrected chi connectivity index (χ2v) is 13.4. The fourth-order valence-electron chi connectivity index (χ4n) is 7.31. The van der Waals surface area contributed by atoms with Crippen LogP contribution in [0.15, 0.2) is 224 Å². The number of rotatable bonds is 8. The molecule has 1 heteroatoms. The fourth-order valence-corrected chi connectivity index (χ4v) is 7.31. The molecule has 9 aromatic rings. The predicted octanol–water partition coefficient (Wildman–Crippen LogP) is 14.6. The van der Waals surface area contributed by atoms with Gasteiger partial charge in [0.15, 0.2) is 0 Å². The van der Waals surface area contributed by atoms with Gasteiger partial charge in [0.1, 0.15) is 0 Å². The lowest BCUT2D eigenvalue weighted by Crippen LogP contribution is -2.09. The van der Waals surface area contributed by atoms with Gasteiger partial charge in [-0.1, -0.05) is 182 Å². The molecule has 0 spiro atoms. The Morgan fingerprint density at radius 2 is 0.566 bits per heavy atom. The van der Waals surface area contributed by atoms with Crippen LogP contribution >= 0.6 is 0 Å². The molecule has 0 N–H and O–H groups in total. The average Bonchev–Trinajstić information content (AvgIpc) is 3.25. The molecule has 0 bridgehead atoms. The number of nitrogens with zero attached hydrogens (tertiary/aromatic N) is 1. The van der Waals surface area contributed by atoms with E-state index in [4.69, 9.17) is 0 Å². The molecule has 250 valence electrons. The fraction of sp³-hybridized carbons (Fsp3) is 0. The first-order valence-electron chi connectivity index (χ1n) is 18.2. The summed E-state index contributed by atoms with van der Waals surface area (Å²) in [5.74, 6) is 0. The van der Waals surface area contributed by atoms with Gasteiger partial charge in [0.05, 0.1) is 0 Å². The van der Waals surface area contributed by atoms with Crippen molar-refractivity contribution in [2.45, 2.75) is 0 Å². The number of hydrogen-bond acceptors (Lipinski definition) is 1. The molecule has 0 amide bonds. The molecule has 0 aromatic heterocycles. The highest BCUT2D eigenvalue weighted by Crippen LogP contribution is 2.39. The van der Waals surface area contributed by atoms with Gasteiger partial charge >= 0.3 is 0 Å². The topological polar surface area (TPSA) is 3.24 Å². The van der Waals surface area contributed by atoms with Gasteiger partial charge in [-0.05, 0) is 109 Å². The molecule has 0 saturated carbocycles. The maximum atomic E-state index is 2.34. The molecule has 0 heterocycles. The second kappa shape index (κ2) is 14.3. The number of hydrogen-bond donors (Lipinski definition) is 0. The third kappa shape index (κ3) is 6.65. The van der Waals surface area contributed by atoms with E-state index in [1.807, 2.05) is 0 Å². The van der Waals surface area contributed by atoms with Crippen LogP contribution in [0.2, 0.25) is 0 Å². The standard InChI is InChI=1S/C52H37N/c1-4-11-38(12-5-1)41-19-21-45(22-20-41)51-18-10-17-47-37-46(29-36-52(47)51)44-27-34-50(35-28-44)53(48-30-23-42(24-31-48)39-13-6-2-7-14-39)49-32-25-43(26-33-49)40-15-8-3-9-16-40/h1-37H. The number of anilines is 3. The Hall–Kier alpha value is -6.96. The van der Waals surface area contributed by atoms with E-state index in [0.29, 0.717) is 0 Å². The van der Waals surface area contributed by atoms with Crippen LogP contribution in [-0.4, -0.2) is 0 Å². The van der Waals surface area contributed by atoms with E-state index in [-0.39, 0.29) is 0 Å². The maximum Gasteiger partial charge on any atom is 0.0462 e. The summed E-state index contributed by atoms with van der Waals surface area (Å²) in [6.45, 7) is 0. The zero-order valence-corrected chi connectivity index (χ0v) is 29.3. The Morgan fingerprint density at radius 1 is 0.226 bits per heavy atom. The highest BCUT2D eigenvalue weighted by Gasteiger charge is 2.14. The zero-order valence-electron chi connectivity index (χ0n) is 29.3. The lowest BCUT2D eigenvalue weighted by Gasteiger charge is -2.26. The van der Waals surface area contributed by atoms with Gasteiger partial charge in [-0.3, -0.25) is 0 Å². The molecule has 0 aliphatic rings. The molecular formula is C52H37N. The Labute approximate surface area is 311 Å². The van der Waals surface area contributed by atoms with E-state index in [1.54, 1.807) is 0 Å². The van der Waals surface area contributed by atoms with E-state index in [2.05, 4.69) is 229 Å². The van der Waals surface area contributed by atoms with Crippen LogP contribution in [0.4, 0.5) is 17.1 Å². The molecule has 1 nitrogen and oxygen atoms in total. The molecule has 0 aliphatic carbocycles. The van der Waals surface area contributed by atoms with Crippen LogP contribution in [-0.2, 0) is 0 Å². The second-order valence-electron chi connectivity index (χ2n) is 13.4. The van der Waals surface area contributed by atoms with E-state index < -0.39 is 0 Å². The van der Waals surface area contributed by atoms with Gasteiger partial charge in [0.25, 0.3) is 0 Å². The van der Waals surface area contributed by atoms with E-state index in [0.717, 1.165) is 17.1 Å². The highest BCUT2D eigenvalue weighted by molar-refractivity contribution is 5.99. The summed E-state index contributed by atoms with van der Waals surface area (Å²) in [4.78, 5) is 2.34. The zero-order chi connectivity index (χ0) is 35.4. The predicted molar refractivity (Wildman–Crippen MR) is 226 cm³/mol. The van der Waals surface area contributed by atoms with E-state index in [1.165, 1.54) is 66.4 Å². The summed E-state index contributed by atoms with van der Waals surface area (Å²) < 4.78 is 0. The van der Waals surface area contributed by atoms with Crippen molar-refractivity contribution in [1.29, 1.82) is 0 Å². The average molecular weight is 676 g/mol. The highest BCUT2D eigenvalue weighted by atomic mass is 15.1. The Balaban J connectivity index is 1.03. The summed E-state index contributed by atoms with van der Waals surface area (Å²) >= 11 is 0. The van der Waals surface area contributed by atoms with Crippen LogP contribution in [0.25, 0.3) is 66.4 Å². The maximum absolute atomic E-state index is 2.34. The molecule has 0 atom stereocenters. The van der Waals surface area contributed by atoms with Crippen LogP contribution in [0.1, 0.15) is 0 Å². The van der Waals surface area contributed by atoms with Gasteiger partial charge in [-0.15, -0.1) is 0 Å². The molecule has 0 unspecified atom stereocenters. The summed E-state index contributed by atoms with van der Waals surface area (Å²) in [7, 11) is 0. The quantitative estimate of drug-likeness (QED) is 0.155. The molecule has 0 fully saturated rings. The molecule has 0 saturated heterocycles. The SMILES string of the molecule is c1ccc(-c2ccc(-c3cccc4cc(-c5ccc(N(c6ccc(-c7ccccc7)cc6)c6ccc(-c7ccccc7)cc6)cc5)ccc34)cc2)cc1. The molecular weight excluding hydrogens is 639 g/mol. The van der Waals surface area contributed by atoms with Crippen molar-refractivity contribution in [2.75, 3.05) is 4.90 Å². The molecule has 0 aliphatic heterocycles. The largest absolute Gasteiger partial charge is 0.311 e. The van der Waals surface area contributed by atoms with Crippen LogP contribution in [0.5, 0.6) is 0 Å². The Morgan fingerprint density at radius 3 is 1.00 bits per heavy atom. The summed E-state index contributed by atoms with van der Waals surface area (Å²) in [6, 6.07) is 80.7. The lowest BCUT2D eigenvalue weighted by molar-refractivity contribution is 1.28. The molecule has 53 heavy (non-hydrogen) atoms. The summed E-state index contributed by atoms with van der Waals surface area (Å²) in [5, 5.41) is 2.49. The number of fused-ring (bicyclic) bond motifs is 1. The van der Waals surface area contributed by atoms with Crippen molar-refractivity contribution in [2.24, 2.45) is 0 Å². The third-order valence-corrected chi connectivity index (χ3v) is 10.1. The van der Waals surface area contributed by atoms with Gasteiger partial charge in [-0.2, -0.15) is 0 Å². The van der Waals surface area contributed by atoms with Crippen LogP contribution < -0.4 is 4.90 Å². The molecule has 9 aromatic carbocycles. The van der Waals surface area contributed by atoms with Crippen molar-refractivity contribution >= 4 is 27.8 Å². The minimum absolute atomic E-state index is 1.11. The first-order chi connectivity index (χ1) is 26.3. The first-order valence-corrected chi connectivity index (χ1v) is 18.2. The molecule has 9 rings (SSSR count). The Bertz CT molecular complexity index is 2510. The third-order valence-electron chi connectivity index (χ3n) is 10.1. The monoisotopic (exact) mass is 675 g/mol. The van der Waals surface area contributed by atoms with Gasteiger partial charge in [-0.25, -0.2) is 0 Å². The van der Waals surface area contributed by atoms with Crippen molar-refractivity contribution in [3.8, 4) is 55.6 Å². The smallest absolute Gasteiger partial charge is 0.0462 e. The van der Waals surface area contributed by atoms with Crippen molar-refractivity contribution in [3.63, 3.8) is 0 Å². The summed E-state index contributed by atoms with van der Waals surface area (Å²) in [5.41, 5.74) is 15.5. The van der Waals surface area contributed by atoms with Crippen molar-refractivity contribution in [1.82, 2.24) is 0 Å². The normalized spacial score (nSPS) is 11.0. The molecule has 0 radical (unpaired) electrons.